The number of thioether (sulfide) groups is 1. The van der Waals surface area contributed by atoms with E-state index in [1.165, 1.54) is 11.8 Å². The zero-order valence-corrected chi connectivity index (χ0v) is 17.0. The molecule has 0 spiro atoms. The van der Waals surface area contributed by atoms with Gasteiger partial charge in [0.1, 0.15) is 0 Å². The molecule has 1 aromatic heterocycles. The molecule has 7 nitrogen and oxygen atoms in total. The van der Waals surface area contributed by atoms with Crippen LogP contribution in [0.2, 0.25) is 0 Å². The molecule has 1 atom stereocenters. The van der Waals surface area contributed by atoms with E-state index in [1.807, 2.05) is 50.2 Å². The van der Waals surface area contributed by atoms with Crippen molar-refractivity contribution in [3.8, 4) is 6.07 Å². The number of anilines is 1. The molecule has 0 fully saturated rings. The van der Waals surface area contributed by atoms with E-state index in [0.717, 1.165) is 16.0 Å². The van der Waals surface area contributed by atoms with Crippen LogP contribution in [0.15, 0.2) is 57.8 Å². The molecule has 0 saturated heterocycles. The Morgan fingerprint density at radius 2 is 1.93 bits per heavy atom. The first kappa shape index (κ1) is 20.4. The highest BCUT2D eigenvalue weighted by Crippen LogP contribution is 2.28. The Bertz CT molecular complexity index is 1030. The number of nitrogens with two attached hydrogens (primary N) is 1. The van der Waals surface area contributed by atoms with E-state index in [0.29, 0.717) is 12.1 Å². The summed E-state index contributed by atoms with van der Waals surface area (Å²) in [5.74, 6) is 0.219. The number of nitrogens with zero attached hydrogens (tertiary/aromatic N) is 4. The van der Waals surface area contributed by atoms with Gasteiger partial charge >= 0.3 is 6.01 Å². The lowest BCUT2D eigenvalue weighted by molar-refractivity contribution is -0.131. The van der Waals surface area contributed by atoms with Crippen molar-refractivity contribution in [2.45, 2.75) is 37.1 Å². The number of carbonyl (C=O) groups is 1. The maximum atomic E-state index is 13.2. The van der Waals surface area contributed by atoms with E-state index >= 15 is 0 Å². The second kappa shape index (κ2) is 9.26. The zero-order chi connectivity index (χ0) is 20.8. The summed E-state index contributed by atoms with van der Waals surface area (Å²) >= 11 is 1.51. The Morgan fingerprint density at radius 1 is 1.21 bits per heavy atom. The van der Waals surface area contributed by atoms with Gasteiger partial charge in [-0.2, -0.15) is 5.26 Å². The molecule has 1 heterocycles. The van der Waals surface area contributed by atoms with Crippen molar-refractivity contribution in [1.82, 2.24) is 15.1 Å². The number of hydrogen-bond donors (Lipinski definition) is 1. The van der Waals surface area contributed by atoms with E-state index in [9.17, 15) is 4.79 Å². The summed E-state index contributed by atoms with van der Waals surface area (Å²) < 4.78 is 5.27. The summed E-state index contributed by atoms with van der Waals surface area (Å²) in [5, 5.41) is 16.2. The summed E-state index contributed by atoms with van der Waals surface area (Å²) in [6.07, 6.45) is 0. The molecule has 3 rings (SSSR count). The average Bonchev–Trinajstić information content (AvgIpc) is 3.14. The van der Waals surface area contributed by atoms with E-state index in [4.69, 9.17) is 15.4 Å². The molecule has 148 valence electrons. The standard InChI is InChI=1S/C21H21N5O2S/c1-14-5-3-4-6-18(14)29-15(2)20(27)26(13-19-24-25-21(23)28-19)12-17-9-7-16(11-22)8-10-17/h3-10,15H,12-13H2,1-2H3,(H2,23,25)/t15-/m1/s1. The van der Waals surface area contributed by atoms with Crippen LogP contribution in [-0.4, -0.2) is 26.3 Å². The molecule has 1 amide bonds. The smallest absolute Gasteiger partial charge is 0.312 e. The maximum absolute atomic E-state index is 13.2. The minimum absolute atomic E-state index is 0.0342. The Kier molecular flexibility index (Phi) is 6.52. The normalized spacial score (nSPS) is 11.6. The van der Waals surface area contributed by atoms with Crippen LogP contribution in [0.3, 0.4) is 0 Å². The van der Waals surface area contributed by atoms with Gasteiger partial charge in [-0.25, -0.2) is 0 Å². The summed E-state index contributed by atoms with van der Waals surface area (Å²) in [6, 6.07) is 17.2. The molecule has 8 heteroatoms. The molecule has 2 N–H and O–H groups in total. The molecular weight excluding hydrogens is 386 g/mol. The predicted octanol–water partition coefficient (Wildman–Crippen LogP) is 3.54. The van der Waals surface area contributed by atoms with Crippen molar-refractivity contribution in [2.24, 2.45) is 0 Å². The first-order chi connectivity index (χ1) is 14.0. The number of rotatable bonds is 7. The molecule has 0 unspecified atom stereocenters. The van der Waals surface area contributed by atoms with Crippen LogP contribution in [0, 0.1) is 18.3 Å². The summed E-state index contributed by atoms with van der Waals surface area (Å²) in [4.78, 5) is 15.9. The fourth-order valence-corrected chi connectivity index (χ4v) is 3.84. The minimum atomic E-state index is -0.310. The fourth-order valence-electron chi connectivity index (χ4n) is 2.80. The number of benzene rings is 2. The van der Waals surface area contributed by atoms with Gasteiger partial charge in [-0.1, -0.05) is 35.4 Å². The highest BCUT2D eigenvalue weighted by Gasteiger charge is 2.24. The van der Waals surface area contributed by atoms with E-state index < -0.39 is 0 Å². The average molecular weight is 407 g/mol. The van der Waals surface area contributed by atoms with Crippen molar-refractivity contribution in [3.63, 3.8) is 0 Å². The fraction of sp³-hybridized carbons (Fsp3) is 0.238. The monoisotopic (exact) mass is 407 g/mol. The van der Waals surface area contributed by atoms with Gasteiger partial charge in [-0.05, 0) is 43.2 Å². The largest absolute Gasteiger partial charge is 0.406 e. The van der Waals surface area contributed by atoms with Gasteiger partial charge in [0.25, 0.3) is 0 Å². The summed E-state index contributed by atoms with van der Waals surface area (Å²) in [6.45, 7) is 4.41. The van der Waals surface area contributed by atoms with Crippen LogP contribution in [-0.2, 0) is 17.9 Å². The van der Waals surface area contributed by atoms with E-state index in [2.05, 4.69) is 16.3 Å². The van der Waals surface area contributed by atoms with Gasteiger partial charge in [0.15, 0.2) is 0 Å². The van der Waals surface area contributed by atoms with Crippen molar-refractivity contribution in [3.05, 3.63) is 71.1 Å². The highest BCUT2D eigenvalue weighted by molar-refractivity contribution is 8.00. The number of nitrogen functional groups attached to an aromatic ring is 1. The first-order valence-electron chi connectivity index (χ1n) is 9.04. The number of aryl methyl sites for hydroxylation is 1. The van der Waals surface area contributed by atoms with Gasteiger partial charge < -0.3 is 15.1 Å². The van der Waals surface area contributed by atoms with Crippen LogP contribution >= 0.6 is 11.8 Å². The van der Waals surface area contributed by atoms with Crippen LogP contribution < -0.4 is 5.73 Å². The number of hydrogen-bond acceptors (Lipinski definition) is 7. The first-order valence-corrected chi connectivity index (χ1v) is 9.92. The molecule has 3 aromatic rings. The number of carbonyl (C=O) groups excluding carboxylic acids is 1. The minimum Gasteiger partial charge on any atom is -0.406 e. The molecule has 29 heavy (non-hydrogen) atoms. The molecule has 0 radical (unpaired) electrons. The van der Waals surface area contributed by atoms with E-state index in [1.54, 1.807) is 17.0 Å². The lowest BCUT2D eigenvalue weighted by Gasteiger charge is -2.25. The highest BCUT2D eigenvalue weighted by atomic mass is 32.2. The van der Waals surface area contributed by atoms with Crippen molar-refractivity contribution in [1.29, 1.82) is 5.26 Å². The molecule has 0 saturated carbocycles. The molecule has 0 aliphatic heterocycles. The Balaban J connectivity index is 1.79. The molecule has 2 aromatic carbocycles. The van der Waals surface area contributed by atoms with E-state index in [-0.39, 0.29) is 29.6 Å². The second-order valence-electron chi connectivity index (χ2n) is 6.56. The van der Waals surface area contributed by atoms with Gasteiger partial charge in [0, 0.05) is 11.4 Å². The van der Waals surface area contributed by atoms with Gasteiger partial charge in [-0.3, -0.25) is 4.79 Å². The third-order valence-electron chi connectivity index (χ3n) is 4.32. The summed E-state index contributed by atoms with van der Waals surface area (Å²) in [7, 11) is 0. The Labute approximate surface area is 173 Å². The second-order valence-corrected chi connectivity index (χ2v) is 7.95. The van der Waals surface area contributed by atoms with Crippen molar-refractivity contribution in [2.75, 3.05) is 5.73 Å². The molecular formula is C21H21N5O2S. The Hall–Kier alpha value is -3.31. The molecule has 0 bridgehead atoms. The van der Waals surface area contributed by atoms with Crippen LogP contribution in [0.4, 0.5) is 6.01 Å². The zero-order valence-electron chi connectivity index (χ0n) is 16.2. The lowest BCUT2D eigenvalue weighted by atomic mass is 10.1. The number of aromatic nitrogens is 2. The quantitative estimate of drug-likeness (QED) is 0.597. The van der Waals surface area contributed by atoms with Crippen LogP contribution in [0.5, 0.6) is 0 Å². The number of nitriles is 1. The Morgan fingerprint density at radius 3 is 2.55 bits per heavy atom. The summed E-state index contributed by atoms with van der Waals surface area (Å²) in [5.41, 5.74) is 8.11. The third kappa shape index (κ3) is 5.36. The van der Waals surface area contributed by atoms with Crippen LogP contribution in [0.1, 0.15) is 29.5 Å². The van der Waals surface area contributed by atoms with Crippen molar-refractivity contribution < 1.29 is 9.21 Å². The molecule has 0 aliphatic rings. The SMILES string of the molecule is Cc1ccccc1S[C@H](C)C(=O)N(Cc1ccc(C#N)cc1)Cc1nnc(N)o1. The topological polar surface area (TPSA) is 109 Å². The maximum Gasteiger partial charge on any atom is 0.312 e. The predicted molar refractivity (Wildman–Crippen MR) is 111 cm³/mol. The lowest BCUT2D eigenvalue weighted by Crippen LogP contribution is -2.35. The van der Waals surface area contributed by atoms with Gasteiger partial charge in [0.05, 0.1) is 23.4 Å². The van der Waals surface area contributed by atoms with Gasteiger partial charge in [0.2, 0.25) is 11.8 Å². The number of amides is 1. The van der Waals surface area contributed by atoms with Gasteiger partial charge in [-0.15, -0.1) is 16.9 Å². The van der Waals surface area contributed by atoms with Crippen LogP contribution in [0.25, 0.3) is 0 Å². The molecule has 0 aliphatic carbocycles. The van der Waals surface area contributed by atoms with Crippen molar-refractivity contribution >= 4 is 23.7 Å². The third-order valence-corrected chi connectivity index (χ3v) is 5.59.